The molecule has 2 saturated heterocycles. The lowest BCUT2D eigenvalue weighted by Gasteiger charge is -2.33. The number of rotatable bonds is 3. The van der Waals surface area contributed by atoms with Crippen molar-refractivity contribution in [3.8, 4) is 0 Å². The summed E-state index contributed by atoms with van der Waals surface area (Å²) in [4.78, 5) is 15.8. The van der Waals surface area contributed by atoms with Crippen molar-refractivity contribution in [2.75, 3.05) is 26.2 Å². The van der Waals surface area contributed by atoms with E-state index in [0.717, 1.165) is 25.9 Å². The van der Waals surface area contributed by atoms with Crippen LogP contribution < -0.4 is 5.73 Å². The molecule has 86 valence electrons. The fourth-order valence-corrected chi connectivity index (χ4v) is 2.51. The van der Waals surface area contributed by atoms with Gasteiger partial charge in [-0.15, -0.1) is 0 Å². The van der Waals surface area contributed by atoms with Gasteiger partial charge < -0.3 is 10.5 Å². The van der Waals surface area contributed by atoms with Gasteiger partial charge >= 0.3 is 6.09 Å². The highest BCUT2D eigenvalue weighted by Gasteiger charge is 2.41. The van der Waals surface area contributed by atoms with Gasteiger partial charge in [-0.1, -0.05) is 6.92 Å². The highest BCUT2D eigenvalue weighted by molar-refractivity contribution is 5.70. The van der Waals surface area contributed by atoms with Gasteiger partial charge in [-0.05, 0) is 19.4 Å². The first-order valence-corrected chi connectivity index (χ1v) is 5.67. The van der Waals surface area contributed by atoms with Crippen molar-refractivity contribution in [2.45, 2.75) is 32.0 Å². The van der Waals surface area contributed by atoms with Crippen LogP contribution in [0.15, 0.2) is 0 Å². The smallest absolute Gasteiger partial charge is 0.411 e. The molecule has 1 amide bonds. The summed E-state index contributed by atoms with van der Waals surface area (Å²) in [5, 5.41) is 0. The number of cyclic esters (lactones) is 1. The van der Waals surface area contributed by atoms with Crippen molar-refractivity contribution in [3.05, 3.63) is 0 Å². The van der Waals surface area contributed by atoms with Crippen LogP contribution in [0.5, 0.6) is 0 Å². The third-order valence-corrected chi connectivity index (χ3v) is 3.33. The standard InChI is InChI=1S/C10H19N3O2/c1-2-12-5-3-4-9(12)13-8(6-11)7-15-10(13)14/h8-9H,2-7,11H2,1H3. The highest BCUT2D eigenvalue weighted by atomic mass is 16.6. The zero-order valence-electron chi connectivity index (χ0n) is 9.19. The molecule has 0 spiro atoms. The van der Waals surface area contributed by atoms with Crippen molar-refractivity contribution < 1.29 is 9.53 Å². The molecule has 2 rings (SSSR count). The normalized spacial score (nSPS) is 32.4. The number of nitrogens with two attached hydrogens (primary N) is 1. The SMILES string of the molecule is CCN1CCCC1N1C(=O)OCC1CN. The Hall–Kier alpha value is -0.810. The Morgan fingerprint density at radius 2 is 2.40 bits per heavy atom. The molecule has 0 aliphatic carbocycles. The summed E-state index contributed by atoms with van der Waals surface area (Å²) in [5.74, 6) is 0. The monoisotopic (exact) mass is 213 g/mol. The Morgan fingerprint density at radius 3 is 3.07 bits per heavy atom. The second-order valence-electron chi connectivity index (χ2n) is 4.13. The molecule has 2 atom stereocenters. The Morgan fingerprint density at radius 1 is 1.60 bits per heavy atom. The van der Waals surface area contributed by atoms with Crippen molar-refractivity contribution in [1.82, 2.24) is 9.80 Å². The minimum Gasteiger partial charge on any atom is -0.447 e. The van der Waals surface area contributed by atoms with Gasteiger partial charge in [0, 0.05) is 13.1 Å². The molecular formula is C10H19N3O2. The minimum absolute atomic E-state index is 0.0645. The summed E-state index contributed by atoms with van der Waals surface area (Å²) >= 11 is 0. The van der Waals surface area contributed by atoms with Crippen molar-refractivity contribution in [1.29, 1.82) is 0 Å². The molecule has 5 nitrogen and oxygen atoms in total. The summed E-state index contributed by atoms with van der Waals surface area (Å²) < 4.78 is 5.05. The predicted octanol–water partition coefficient (Wildman–Crippen LogP) is 0.208. The van der Waals surface area contributed by atoms with Crippen molar-refractivity contribution in [2.24, 2.45) is 5.73 Å². The van der Waals surface area contributed by atoms with Gasteiger partial charge in [0.25, 0.3) is 0 Å². The number of hydrogen-bond donors (Lipinski definition) is 1. The van der Waals surface area contributed by atoms with E-state index in [1.54, 1.807) is 0 Å². The molecule has 2 heterocycles. The lowest BCUT2D eigenvalue weighted by Crippen LogP contribution is -2.51. The van der Waals surface area contributed by atoms with E-state index in [1.807, 2.05) is 4.90 Å². The largest absolute Gasteiger partial charge is 0.447 e. The van der Waals surface area contributed by atoms with Gasteiger partial charge in [0.2, 0.25) is 0 Å². The average molecular weight is 213 g/mol. The van der Waals surface area contributed by atoms with Crippen LogP contribution in [0.4, 0.5) is 4.79 Å². The van der Waals surface area contributed by atoms with E-state index in [4.69, 9.17) is 10.5 Å². The summed E-state index contributed by atoms with van der Waals surface area (Å²) in [6.07, 6.45) is 2.20. The van der Waals surface area contributed by atoms with Gasteiger partial charge in [0.05, 0.1) is 12.2 Å². The van der Waals surface area contributed by atoms with E-state index < -0.39 is 0 Å². The number of nitrogens with zero attached hydrogens (tertiary/aromatic N) is 2. The molecule has 2 N–H and O–H groups in total. The number of ether oxygens (including phenoxy) is 1. The van der Waals surface area contributed by atoms with Gasteiger partial charge in [0.15, 0.2) is 0 Å². The van der Waals surface area contributed by atoms with E-state index in [2.05, 4.69) is 11.8 Å². The van der Waals surface area contributed by atoms with Gasteiger partial charge in [0.1, 0.15) is 6.61 Å². The number of amides is 1. The van der Waals surface area contributed by atoms with Crippen LogP contribution in [0, 0.1) is 0 Å². The molecule has 0 aromatic heterocycles. The number of hydrogen-bond acceptors (Lipinski definition) is 4. The maximum Gasteiger partial charge on any atom is 0.411 e. The fourth-order valence-electron chi connectivity index (χ4n) is 2.51. The third-order valence-electron chi connectivity index (χ3n) is 3.33. The zero-order chi connectivity index (χ0) is 10.8. The molecule has 2 aliphatic rings. The third kappa shape index (κ3) is 1.81. The first kappa shape index (κ1) is 10.7. The molecule has 0 aromatic rings. The maximum atomic E-state index is 11.6. The lowest BCUT2D eigenvalue weighted by atomic mass is 10.2. The first-order valence-electron chi connectivity index (χ1n) is 5.67. The van der Waals surface area contributed by atoms with Crippen molar-refractivity contribution >= 4 is 6.09 Å². The Bertz CT molecular complexity index is 247. The van der Waals surface area contributed by atoms with Crippen molar-refractivity contribution in [3.63, 3.8) is 0 Å². The van der Waals surface area contributed by atoms with E-state index in [1.165, 1.54) is 0 Å². The van der Waals surface area contributed by atoms with E-state index >= 15 is 0 Å². The van der Waals surface area contributed by atoms with E-state index in [0.29, 0.717) is 13.2 Å². The molecule has 2 fully saturated rings. The zero-order valence-corrected chi connectivity index (χ0v) is 9.19. The molecule has 0 aromatic carbocycles. The molecule has 2 aliphatic heterocycles. The lowest BCUT2D eigenvalue weighted by molar-refractivity contribution is 0.0861. The Labute approximate surface area is 90.1 Å². The van der Waals surface area contributed by atoms with Crippen LogP contribution in [0.1, 0.15) is 19.8 Å². The first-order chi connectivity index (χ1) is 7.27. The minimum atomic E-state index is -0.198. The molecule has 5 heteroatoms. The van der Waals surface area contributed by atoms with Crippen LogP contribution in [-0.2, 0) is 4.74 Å². The van der Waals surface area contributed by atoms with Crippen LogP contribution in [0.25, 0.3) is 0 Å². The number of carbonyl (C=O) groups is 1. The highest BCUT2D eigenvalue weighted by Crippen LogP contribution is 2.25. The molecule has 0 radical (unpaired) electrons. The fraction of sp³-hybridized carbons (Fsp3) is 0.900. The Kier molecular flexibility index (Phi) is 3.11. The quantitative estimate of drug-likeness (QED) is 0.728. The second kappa shape index (κ2) is 4.37. The summed E-state index contributed by atoms with van der Waals surface area (Å²) in [6.45, 7) is 5.11. The number of carbonyl (C=O) groups excluding carboxylic acids is 1. The molecular weight excluding hydrogens is 194 g/mol. The predicted molar refractivity (Wildman–Crippen MR) is 56.3 cm³/mol. The molecule has 15 heavy (non-hydrogen) atoms. The van der Waals surface area contributed by atoms with Crippen LogP contribution >= 0.6 is 0 Å². The topological polar surface area (TPSA) is 58.8 Å². The molecule has 2 unspecified atom stereocenters. The maximum absolute atomic E-state index is 11.6. The molecule has 0 saturated carbocycles. The summed E-state index contributed by atoms with van der Waals surface area (Å²) in [7, 11) is 0. The molecule has 0 bridgehead atoms. The average Bonchev–Trinajstić information content (AvgIpc) is 2.82. The van der Waals surface area contributed by atoms with Gasteiger partial charge in [-0.2, -0.15) is 0 Å². The second-order valence-corrected chi connectivity index (χ2v) is 4.13. The summed E-state index contributed by atoms with van der Waals surface area (Å²) in [6, 6.07) is 0.0645. The van der Waals surface area contributed by atoms with Crippen LogP contribution in [-0.4, -0.2) is 54.3 Å². The van der Waals surface area contributed by atoms with Gasteiger partial charge in [-0.25, -0.2) is 4.79 Å². The van der Waals surface area contributed by atoms with Crippen LogP contribution in [0.3, 0.4) is 0 Å². The van der Waals surface area contributed by atoms with E-state index in [-0.39, 0.29) is 18.3 Å². The van der Waals surface area contributed by atoms with Gasteiger partial charge in [-0.3, -0.25) is 9.80 Å². The summed E-state index contributed by atoms with van der Waals surface area (Å²) in [5.41, 5.74) is 5.65. The number of likely N-dealkylation sites (tertiary alicyclic amines) is 1. The van der Waals surface area contributed by atoms with Crippen LogP contribution in [0.2, 0.25) is 0 Å². The Balaban J connectivity index is 2.10. The van der Waals surface area contributed by atoms with E-state index in [9.17, 15) is 4.79 Å².